The largest absolute Gasteiger partial charge is 0.497 e. The molecule has 0 fully saturated rings. The first kappa shape index (κ1) is 14.5. The molecule has 0 aromatic heterocycles. The van der Waals surface area contributed by atoms with Gasteiger partial charge >= 0.3 is 5.97 Å². The second-order valence-corrected chi connectivity index (χ2v) is 2.78. The maximum Gasteiger partial charge on any atom is 0.328 e. The molecule has 0 spiro atoms. The van der Waals surface area contributed by atoms with Crippen LogP contribution in [0, 0.1) is 0 Å². The van der Waals surface area contributed by atoms with Crippen LogP contribution in [-0.4, -0.2) is 25.3 Å². The third kappa shape index (κ3) is 3.96. The maximum atomic E-state index is 10.3. The molecule has 0 saturated heterocycles. The van der Waals surface area contributed by atoms with Crippen LogP contribution < -0.4 is 9.47 Å². The monoisotopic (exact) mass is 271 g/mol. The second kappa shape index (κ2) is 6.93. The molecule has 0 saturated carbocycles. The summed E-state index contributed by atoms with van der Waals surface area (Å²) in [7, 11) is 3.08. The number of carbonyl (C=O) groups is 1. The molecule has 16 heavy (non-hydrogen) atoms. The zero-order chi connectivity index (χ0) is 11.3. The van der Waals surface area contributed by atoms with Gasteiger partial charge in [-0.2, -0.15) is 0 Å². The number of carboxylic acid groups (broad SMARTS) is 1. The molecule has 0 aliphatic heterocycles. The third-order valence-electron chi connectivity index (χ3n) is 1.85. The predicted octanol–water partition coefficient (Wildman–Crippen LogP) is 1.80. The summed E-state index contributed by atoms with van der Waals surface area (Å²) in [5, 5.41) is 8.49. The summed E-state index contributed by atoms with van der Waals surface area (Å²) in [6, 6.07) is 5.17. The van der Waals surface area contributed by atoms with Gasteiger partial charge in [0.05, 0.1) is 14.2 Å². The standard InChI is InChI=1S/C11H12O4.Cu/c1-14-9-5-3-8(4-6-11(12)13)10(7-9)15-2;/h3-7H,1-2H3,(H,12,13);. The van der Waals surface area contributed by atoms with E-state index in [0.717, 1.165) is 6.08 Å². The van der Waals surface area contributed by atoms with E-state index in [-0.39, 0.29) is 17.1 Å². The molecule has 0 bridgehead atoms. The van der Waals surface area contributed by atoms with Crippen LogP contribution in [0.3, 0.4) is 0 Å². The molecule has 1 aromatic carbocycles. The summed E-state index contributed by atoms with van der Waals surface area (Å²) in [5.74, 6) is 0.249. The van der Waals surface area contributed by atoms with Crippen molar-refractivity contribution in [2.75, 3.05) is 14.2 Å². The van der Waals surface area contributed by atoms with Crippen LogP contribution in [0.25, 0.3) is 6.08 Å². The fourth-order valence-corrected chi connectivity index (χ4v) is 1.12. The minimum Gasteiger partial charge on any atom is -0.497 e. The van der Waals surface area contributed by atoms with E-state index in [1.54, 1.807) is 25.3 Å². The Labute approximate surface area is 104 Å². The minimum atomic E-state index is -0.993. The fraction of sp³-hybridized carbons (Fsp3) is 0.182. The Morgan fingerprint density at radius 3 is 2.50 bits per heavy atom. The van der Waals surface area contributed by atoms with E-state index in [2.05, 4.69) is 0 Å². The first-order valence-corrected chi connectivity index (χ1v) is 4.30. The van der Waals surface area contributed by atoms with Crippen molar-refractivity contribution < 1.29 is 36.4 Å². The van der Waals surface area contributed by atoms with Gasteiger partial charge in [-0.05, 0) is 18.2 Å². The molecule has 0 amide bonds. The van der Waals surface area contributed by atoms with Gasteiger partial charge in [-0.25, -0.2) is 4.79 Å². The van der Waals surface area contributed by atoms with Gasteiger partial charge in [0.25, 0.3) is 0 Å². The average molecular weight is 272 g/mol. The Bertz CT molecular complexity index is 388. The predicted molar refractivity (Wildman–Crippen MR) is 56.2 cm³/mol. The summed E-state index contributed by atoms with van der Waals surface area (Å²) in [6.45, 7) is 0. The van der Waals surface area contributed by atoms with Crippen molar-refractivity contribution in [2.24, 2.45) is 0 Å². The fourth-order valence-electron chi connectivity index (χ4n) is 1.12. The third-order valence-corrected chi connectivity index (χ3v) is 1.85. The summed E-state index contributed by atoms with van der Waals surface area (Å²) in [5.41, 5.74) is 0.695. The Hall–Kier alpha value is -1.45. The van der Waals surface area contributed by atoms with Crippen LogP contribution in [0.15, 0.2) is 24.3 Å². The van der Waals surface area contributed by atoms with Crippen molar-refractivity contribution >= 4 is 12.0 Å². The topological polar surface area (TPSA) is 55.8 Å². The number of rotatable bonds is 4. The Morgan fingerprint density at radius 1 is 1.31 bits per heavy atom. The molecule has 1 radical (unpaired) electrons. The van der Waals surface area contributed by atoms with Crippen LogP contribution in [0.5, 0.6) is 11.5 Å². The number of ether oxygens (including phenoxy) is 2. The number of hydrogen-bond donors (Lipinski definition) is 1. The molecule has 0 heterocycles. The molecule has 1 aromatic rings. The molecule has 0 unspecified atom stereocenters. The van der Waals surface area contributed by atoms with Gasteiger partial charge in [0.1, 0.15) is 11.5 Å². The molecule has 5 heteroatoms. The minimum absolute atomic E-state index is 0. The Kier molecular flexibility index (Phi) is 6.30. The number of hydrogen-bond acceptors (Lipinski definition) is 3. The van der Waals surface area contributed by atoms with Crippen molar-refractivity contribution in [1.82, 2.24) is 0 Å². The number of benzene rings is 1. The normalized spacial score (nSPS) is 9.62. The first-order chi connectivity index (χ1) is 7.17. The van der Waals surface area contributed by atoms with Gasteiger partial charge in [0.2, 0.25) is 0 Å². The summed E-state index contributed by atoms with van der Waals surface area (Å²) >= 11 is 0. The maximum absolute atomic E-state index is 10.3. The first-order valence-electron chi connectivity index (χ1n) is 4.30. The molecule has 4 nitrogen and oxygen atoms in total. The quantitative estimate of drug-likeness (QED) is 0.670. The summed E-state index contributed by atoms with van der Waals surface area (Å²) < 4.78 is 10.1. The van der Waals surface area contributed by atoms with Crippen LogP contribution in [0.2, 0.25) is 0 Å². The van der Waals surface area contributed by atoms with Crippen molar-refractivity contribution in [1.29, 1.82) is 0 Å². The molecular weight excluding hydrogens is 260 g/mol. The van der Waals surface area contributed by atoms with Gasteiger partial charge in [-0.3, -0.25) is 0 Å². The van der Waals surface area contributed by atoms with Gasteiger partial charge < -0.3 is 14.6 Å². The van der Waals surface area contributed by atoms with Crippen LogP contribution in [-0.2, 0) is 21.9 Å². The second-order valence-electron chi connectivity index (χ2n) is 2.78. The van der Waals surface area contributed by atoms with Crippen molar-refractivity contribution in [3.63, 3.8) is 0 Å². The average Bonchev–Trinajstić information content (AvgIpc) is 2.25. The molecule has 1 N–H and O–H groups in total. The van der Waals surface area contributed by atoms with E-state index in [1.807, 2.05) is 0 Å². The Morgan fingerprint density at radius 2 is 2.00 bits per heavy atom. The van der Waals surface area contributed by atoms with Gasteiger partial charge in [0, 0.05) is 34.8 Å². The van der Waals surface area contributed by atoms with Crippen molar-refractivity contribution in [2.45, 2.75) is 0 Å². The van der Waals surface area contributed by atoms with Crippen LogP contribution in [0.4, 0.5) is 0 Å². The molecule has 0 atom stereocenters. The van der Waals surface area contributed by atoms with Crippen molar-refractivity contribution in [3.8, 4) is 11.5 Å². The molecule has 0 aliphatic rings. The Balaban J connectivity index is 0.00000225. The number of carboxylic acids is 1. The zero-order valence-corrected chi connectivity index (χ0v) is 9.80. The molecule has 0 aliphatic carbocycles. The van der Waals surface area contributed by atoms with Crippen LogP contribution >= 0.6 is 0 Å². The molecular formula is C11H12CuO4. The van der Waals surface area contributed by atoms with E-state index in [9.17, 15) is 4.79 Å². The van der Waals surface area contributed by atoms with Gasteiger partial charge in [-0.1, -0.05) is 0 Å². The van der Waals surface area contributed by atoms with E-state index in [1.165, 1.54) is 13.2 Å². The summed E-state index contributed by atoms with van der Waals surface area (Å²) in [4.78, 5) is 10.3. The SMILES string of the molecule is COc1ccc(C=CC(=O)O)c(OC)c1.[Cu]. The van der Waals surface area contributed by atoms with E-state index in [0.29, 0.717) is 17.1 Å². The number of aliphatic carboxylic acids is 1. The summed E-state index contributed by atoms with van der Waals surface area (Å²) in [6.07, 6.45) is 2.53. The molecule has 91 valence electrons. The van der Waals surface area contributed by atoms with E-state index in [4.69, 9.17) is 14.6 Å². The van der Waals surface area contributed by atoms with Crippen molar-refractivity contribution in [3.05, 3.63) is 29.8 Å². The van der Waals surface area contributed by atoms with E-state index >= 15 is 0 Å². The van der Waals surface area contributed by atoms with E-state index < -0.39 is 5.97 Å². The van der Waals surface area contributed by atoms with Gasteiger partial charge in [-0.15, -0.1) is 0 Å². The van der Waals surface area contributed by atoms with Crippen LogP contribution in [0.1, 0.15) is 5.56 Å². The zero-order valence-electron chi connectivity index (χ0n) is 8.86. The van der Waals surface area contributed by atoms with Gasteiger partial charge in [0.15, 0.2) is 0 Å². The molecule has 1 rings (SSSR count). The number of methoxy groups -OCH3 is 2. The smallest absolute Gasteiger partial charge is 0.328 e.